The molecule has 0 fully saturated rings. The van der Waals surface area contributed by atoms with E-state index in [1.54, 1.807) is 32.0 Å². The van der Waals surface area contributed by atoms with Crippen LogP contribution in [0, 0.1) is 0 Å². The molecule has 1 aliphatic rings. The molecule has 2 atom stereocenters. The number of hydrogen-bond acceptors (Lipinski definition) is 3. The van der Waals surface area contributed by atoms with Crippen molar-refractivity contribution in [2.75, 3.05) is 5.32 Å². The summed E-state index contributed by atoms with van der Waals surface area (Å²) in [5.74, 6) is 0.166. The van der Waals surface area contributed by atoms with Crippen LogP contribution in [0.3, 0.4) is 0 Å². The van der Waals surface area contributed by atoms with Crippen LogP contribution in [0.1, 0.15) is 24.2 Å². The Hall–Kier alpha value is -1.55. The second kappa shape index (κ2) is 4.37. The lowest BCUT2D eigenvalue weighted by molar-refractivity contribution is -0.122. The second-order valence-electron chi connectivity index (χ2n) is 3.94. The van der Waals surface area contributed by atoms with Gasteiger partial charge < -0.3 is 10.1 Å². The number of alkyl halides is 1. The number of carbonyl (C=O) groups excluding carboxylic acids is 2. The number of amides is 1. The Bertz CT molecular complexity index is 485. The molecule has 0 unspecified atom stereocenters. The lowest BCUT2D eigenvalue weighted by Gasteiger charge is -2.23. The zero-order chi connectivity index (χ0) is 12.6. The normalized spacial score (nSPS) is 19.9. The first-order valence-corrected chi connectivity index (χ1v) is 5.72. The Morgan fingerprint density at radius 1 is 1.53 bits per heavy atom. The van der Waals surface area contributed by atoms with E-state index in [4.69, 9.17) is 16.3 Å². The van der Waals surface area contributed by atoms with Gasteiger partial charge in [0.15, 0.2) is 11.9 Å². The molecule has 1 aliphatic heterocycles. The van der Waals surface area contributed by atoms with E-state index in [0.29, 0.717) is 17.0 Å². The number of rotatable bonds is 2. The third-order valence-electron chi connectivity index (χ3n) is 2.56. The van der Waals surface area contributed by atoms with Gasteiger partial charge in [0.25, 0.3) is 5.91 Å². The maximum Gasteiger partial charge on any atom is 0.265 e. The van der Waals surface area contributed by atoms with Crippen LogP contribution in [0.2, 0.25) is 0 Å². The van der Waals surface area contributed by atoms with Crippen molar-refractivity contribution in [2.24, 2.45) is 0 Å². The number of ketones is 1. The van der Waals surface area contributed by atoms with Crippen LogP contribution in [0.5, 0.6) is 5.75 Å². The zero-order valence-electron chi connectivity index (χ0n) is 9.49. The molecule has 0 bridgehead atoms. The van der Waals surface area contributed by atoms with Gasteiger partial charge in [-0.25, -0.2) is 0 Å². The Morgan fingerprint density at radius 3 is 2.88 bits per heavy atom. The molecule has 0 aromatic heterocycles. The van der Waals surface area contributed by atoms with Crippen LogP contribution in [-0.4, -0.2) is 23.2 Å². The van der Waals surface area contributed by atoms with Crippen LogP contribution < -0.4 is 10.1 Å². The molecule has 0 saturated heterocycles. The van der Waals surface area contributed by atoms with Gasteiger partial charge in [0.2, 0.25) is 0 Å². The minimum Gasteiger partial charge on any atom is -0.479 e. The van der Waals surface area contributed by atoms with E-state index in [-0.39, 0.29) is 11.7 Å². The van der Waals surface area contributed by atoms with Crippen LogP contribution >= 0.6 is 11.6 Å². The highest BCUT2D eigenvalue weighted by molar-refractivity contribution is 6.33. The molecule has 0 aliphatic carbocycles. The van der Waals surface area contributed by atoms with Gasteiger partial charge in [-0.2, -0.15) is 0 Å². The fraction of sp³-hybridized carbons (Fsp3) is 0.333. The highest BCUT2D eigenvalue weighted by Crippen LogP contribution is 2.30. The fourth-order valence-electron chi connectivity index (χ4n) is 1.59. The molecular weight excluding hydrogens is 242 g/mol. The van der Waals surface area contributed by atoms with Gasteiger partial charge in [0, 0.05) is 5.56 Å². The van der Waals surface area contributed by atoms with E-state index >= 15 is 0 Å². The SMILES string of the molecule is C[C@H](Cl)C(=O)c1ccc2c(c1)NC(=O)[C@H](C)O2. The number of anilines is 1. The molecule has 1 N–H and O–H groups in total. The van der Waals surface area contributed by atoms with Gasteiger partial charge in [-0.3, -0.25) is 9.59 Å². The van der Waals surface area contributed by atoms with Gasteiger partial charge in [-0.15, -0.1) is 11.6 Å². The van der Waals surface area contributed by atoms with Crippen molar-refractivity contribution in [3.63, 3.8) is 0 Å². The number of carbonyl (C=O) groups is 2. The Morgan fingerprint density at radius 2 is 2.24 bits per heavy atom. The maximum atomic E-state index is 11.7. The molecule has 17 heavy (non-hydrogen) atoms. The number of benzene rings is 1. The third kappa shape index (κ3) is 2.26. The van der Waals surface area contributed by atoms with Gasteiger partial charge in [-0.1, -0.05) is 0 Å². The molecule has 0 saturated carbocycles. The summed E-state index contributed by atoms with van der Waals surface area (Å²) >= 11 is 5.73. The van der Waals surface area contributed by atoms with Crippen molar-refractivity contribution < 1.29 is 14.3 Å². The maximum absolute atomic E-state index is 11.7. The zero-order valence-corrected chi connectivity index (χ0v) is 10.2. The van der Waals surface area contributed by atoms with Gasteiger partial charge in [0.05, 0.1) is 11.1 Å². The van der Waals surface area contributed by atoms with Gasteiger partial charge >= 0.3 is 0 Å². The summed E-state index contributed by atoms with van der Waals surface area (Å²) in [6.07, 6.45) is -0.518. The van der Waals surface area contributed by atoms with Gasteiger partial charge in [0.1, 0.15) is 5.75 Å². The average Bonchev–Trinajstić information content (AvgIpc) is 2.29. The molecule has 90 valence electrons. The smallest absolute Gasteiger partial charge is 0.265 e. The quantitative estimate of drug-likeness (QED) is 0.649. The summed E-state index contributed by atoms with van der Waals surface area (Å²) in [6.45, 7) is 3.28. The molecule has 0 radical (unpaired) electrons. The predicted molar refractivity (Wildman–Crippen MR) is 64.8 cm³/mol. The summed E-state index contributed by atoms with van der Waals surface area (Å²) in [5, 5.41) is 2.09. The predicted octanol–water partition coefficient (Wildman–Crippen LogP) is 2.22. The summed E-state index contributed by atoms with van der Waals surface area (Å²) in [6, 6.07) is 4.89. The largest absolute Gasteiger partial charge is 0.479 e. The van der Waals surface area contributed by atoms with E-state index in [9.17, 15) is 9.59 Å². The second-order valence-corrected chi connectivity index (χ2v) is 4.60. The molecule has 1 aromatic carbocycles. The lowest BCUT2D eigenvalue weighted by atomic mass is 10.1. The van der Waals surface area contributed by atoms with Crippen LogP contribution in [-0.2, 0) is 4.79 Å². The molecule has 1 heterocycles. The fourth-order valence-corrected chi connectivity index (χ4v) is 1.72. The first-order valence-electron chi connectivity index (χ1n) is 5.29. The molecule has 1 aromatic rings. The summed E-state index contributed by atoms with van der Waals surface area (Å²) in [7, 11) is 0. The van der Waals surface area contributed by atoms with Crippen molar-refractivity contribution in [3.05, 3.63) is 23.8 Å². The van der Waals surface area contributed by atoms with E-state index in [2.05, 4.69) is 5.32 Å². The standard InChI is InChI=1S/C12H12ClNO3/c1-6(13)11(15)8-3-4-10-9(5-8)14-12(16)7(2)17-10/h3-7H,1-2H3,(H,14,16)/t6-,7-/m0/s1. The first-order chi connectivity index (χ1) is 7.99. The highest BCUT2D eigenvalue weighted by Gasteiger charge is 2.24. The molecule has 5 heteroatoms. The number of hydrogen-bond donors (Lipinski definition) is 1. The Labute approximate surface area is 104 Å². The van der Waals surface area contributed by atoms with Crippen molar-refractivity contribution in [1.82, 2.24) is 0 Å². The summed E-state index contributed by atoms with van der Waals surface area (Å²) in [4.78, 5) is 23.1. The van der Waals surface area contributed by atoms with Crippen molar-refractivity contribution in [1.29, 1.82) is 0 Å². The molecule has 2 rings (SSSR count). The van der Waals surface area contributed by atoms with Crippen molar-refractivity contribution in [3.8, 4) is 5.75 Å². The monoisotopic (exact) mass is 253 g/mol. The minimum atomic E-state index is -0.591. The molecule has 4 nitrogen and oxygen atoms in total. The number of nitrogens with one attached hydrogen (secondary N) is 1. The van der Waals surface area contributed by atoms with E-state index in [1.165, 1.54) is 0 Å². The molecular formula is C12H12ClNO3. The Balaban J connectivity index is 2.35. The highest BCUT2D eigenvalue weighted by atomic mass is 35.5. The third-order valence-corrected chi connectivity index (χ3v) is 2.75. The van der Waals surface area contributed by atoms with Gasteiger partial charge in [-0.05, 0) is 32.0 Å². The number of Topliss-reactive ketones (excluding diaryl/α,β-unsaturated/α-hetero) is 1. The number of ether oxygens (including phenoxy) is 1. The molecule has 1 amide bonds. The summed E-state index contributed by atoms with van der Waals surface area (Å²) in [5.41, 5.74) is 0.973. The number of halogens is 1. The lowest BCUT2D eigenvalue weighted by Crippen LogP contribution is -2.34. The van der Waals surface area contributed by atoms with Crippen LogP contribution in [0.15, 0.2) is 18.2 Å². The van der Waals surface area contributed by atoms with E-state index in [0.717, 1.165) is 0 Å². The van der Waals surface area contributed by atoms with Crippen molar-refractivity contribution >= 4 is 29.0 Å². The van der Waals surface area contributed by atoms with E-state index in [1.807, 2.05) is 0 Å². The Kier molecular flexibility index (Phi) is 3.07. The first kappa shape index (κ1) is 11.9. The minimum absolute atomic E-state index is 0.178. The average molecular weight is 254 g/mol. The van der Waals surface area contributed by atoms with E-state index < -0.39 is 11.5 Å². The molecule has 0 spiro atoms. The van der Waals surface area contributed by atoms with Crippen LogP contribution in [0.25, 0.3) is 0 Å². The van der Waals surface area contributed by atoms with Crippen molar-refractivity contribution in [2.45, 2.75) is 25.3 Å². The topological polar surface area (TPSA) is 55.4 Å². The van der Waals surface area contributed by atoms with Crippen LogP contribution in [0.4, 0.5) is 5.69 Å². The summed E-state index contributed by atoms with van der Waals surface area (Å²) < 4.78 is 5.38. The number of fused-ring (bicyclic) bond motifs is 1.